The van der Waals surface area contributed by atoms with Gasteiger partial charge >= 0.3 is 6.18 Å². The third-order valence-corrected chi connectivity index (χ3v) is 2.93. The zero-order chi connectivity index (χ0) is 17.7. The minimum Gasteiger partial charge on any atom is -0.394 e. The second kappa shape index (κ2) is 7.60. The van der Waals surface area contributed by atoms with E-state index in [-0.39, 0.29) is 29.4 Å². The van der Waals surface area contributed by atoms with Gasteiger partial charge in [-0.25, -0.2) is 0 Å². The molecular weight excluding hydrogens is 351 g/mol. The Bertz CT molecular complexity index is 702. The van der Waals surface area contributed by atoms with Crippen LogP contribution in [0.4, 0.5) is 30.8 Å². The van der Waals surface area contributed by atoms with Gasteiger partial charge in [0, 0.05) is 12.2 Å². The fraction of sp³-hybridized carbons (Fsp3) is 0.308. The lowest BCUT2D eigenvalue weighted by molar-refractivity contribution is -0.137. The van der Waals surface area contributed by atoms with Gasteiger partial charge in [0.05, 0.1) is 18.3 Å². The quantitative estimate of drug-likeness (QED) is 0.622. The first-order chi connectivity index (χ1) is 11.3. The molecule has 0 spiro atoms. The normalized spacial score (nSPS) is 12.8. The topological polar surface area (TPSA) is 103 Å². The number of aliphatic hydroxyl groups is 2. The summed E-state index contributed by atoms with van der Waals surface area (Å²) in [7, 11) is 0. The van der Waals surface area contributed by atoms with Crippen LogP contribution in [0.5, 0.6) is 0 Å². The molecule has 4 N–H and O–H groups in total. The van der Waals surface area contributed by atoms with Crippen molar-refractivity contribution in [3.05, 3.63) is 35.1 Å². The average molecular weight is 364 g/mol. The standard InChI is InChI=1S/C13H13ClF3N5O2/c14-10-20-11(18-5-9(24)6-23)22-12(21-10)19-8-3-1-2-7(4-8)13(15,16)17/h1-4,9,23-24H,5-6H2,(H2,18,19,20,21,22)/t9-/m0/s1. The van der Waals surface area contributed by atoms with E-state index in [4.69, 9.17) is 16.7 Å². The average Bonchev–Trinajstić information content (AvgIpc) is 2.51. The number of hydrogen-bond donors (Lipinski definition) is 4. The van der Waals surface area contributed by atoms with Crippen LogP contribution in [0.15, 0.2) is 24.3 Å². The van der Waals surface area contributed by atoms with Crippen molar-refractivity contribution < 1.29 is 23.4 Å². The highest BCUT2D eigenvalue weighted by molar-refractivity contribution is 6.28. The van der Waals surface area contributed by atoms with Gasteiger partial charge < -0.3 is 20.8 Å². The highest BCUT2D eigenvalue weighted by Gasteiger charge is 2.30. The molecule has 2 aromatic rings. The smallest absolute Gasteiger partial charge is 0.394 e. The fourth-order valence-electron chi connectivity index (χ4n) is 1.66. The molecule has 0 radical (unpaired) electrons. The van der Waals surface area contributed by atoms with Crippen molar-refractivity contribution in [2.45, 2.75) is 12.3 Å². The molecule has 0 aliphatic rings. The summed E-state index contributed by atoms with van der Waals surface area (Å²) in [5.74, 6) is -0.0766. The van der Waals surface area contributed by atoms with Crippen LogP contribution < -0.4 is 10.6 Å². The van der Waals surface area contributed by atoms with E-state index >= 15 is 0 Å². The van der Waals surface area contributed by atoms with Crippen molar-refractivity contribution in [1.82, 2.24) is 15.0 Å². The van der Waals surface area contributed by atoms with E-state index in [1.165, 1.54) is 12.1 Å². The predicted octanol–water partition coefficient (Wildman–Crippen LogP) is 2.05. The molecule has 0 saturated heterocycles. The third kappa shape index (κ3) is 5.18. The number of alkyl halides is 3. The summed E-state index contributed by atoms with van der Waals surface area (Å²) in [6, 6.07) is 4.50. The van der Waals surface area contributed by atoms with Crippen molar-refractivity contribution >= 4 is 29.2 Å². The molecule has 0 saturated carbocycles. The molecule has 1 atom stereocenters. The molecule has 0 unspecified atom stereocenters. The van der Waals surface area contributed by atoms with E-state index in [1.807, 2.05) is 0 Å². The van der Waals surface area contributed by atoms with Gasteiger partial charge in [0.15, 0.2) is 0 Å². The van der Waals surface area contributed by atoms with Gasteiger partial charge in [-0.05, 0) is 29.8 Å². The first-order valence-electron chi connectivity index (χ1n) is 6.66. The van der Waals surface area contributed by atoms with E-state index in [0.29, 0.717) is 0 Å². The van der Waals surface area contributed by atoms with Crippen LogP contribution in [0.25, 0.3) is 0 Å². The molecule has 0 amide bonds. The second-order valence-corrected chi connectivity index (χ2v) is 5.01. The fourth-order valence-corrected chi connectivity index (χ4v) is 1.82. The minimum absolute atomic E-state index is 0.00280. The summed E-state index contributed by atoms with van der Waals surface area (Å²) < 4.78 is 38.1. The SMILES string of the molecule is OC[C@@H](O)CNc1nc(Cl)nc(Nc2cccc(C(F)(F)F)c2)n1. The maximum absolute atomic E-state index is 12.7. The molecule has 11 heteroatoms. The monoisotopic (exact) mass is 363 g/mol. The number of benzene rings is 1. The maximum Gasteiger partial charge on any atom is 0.416 e. The molecule has 7 nitrogen and oxygen atoms in total. The Hall–Kier alpha value is -2.17. The van der Waals surface area contributed by atoms with Crippen LogP contribution in [-0.4, -0.2) is 44.4 Å². The molecule has 0 bridgehead atoms. The van der Waals surface area contributed by atoms with Gasteiger partial charge in [0.1, 0.15) is 0 Å². The third-order valence-electron chi connectivity index (χ3n) is 2.76. The lowest BCUT2D eigenvalue weighted by Gasteiger charge is -2.11. The Labute approximate surface area is 139 Å². The molecule has 24 heavy (non-hydrogen) atoms. The highest BCUT2D eigenvalue weighted by Crippen LogP contribution is 2.31. The molecule has 130 valence electrons. The molecule has 1 aromatic carbocycles. The zero-order valence-corrected chi connectivity index (χ0v) is 12.8. The molecule has 0 fully saturated rings. The summed E-state index contributed by atoms with van der Waals surface area (Å²) >= 11 is 5.74. The van der Waals surface area contributed by atoms with Gasteiger partial charge in [-0.3, -0.25) is 0 Å². The largest absolute Gasteiger partial charge is 0.416 e. The van der Waals surface area contributed by atoms with Crippen LogP contribution in [0.3, 0.4) is 0 Å². The van der Waals surface area contributed by atoms with Crippen LogP contribution in [0.1, 0.15) is 5.56 Å². The summed E-state index contributed by atoms with van der Waals surface area (Å²) in [4.78, 5) is 11.4. The Morgan fingerprint density at radius 2 is 1.88 bits per heavy atom. The predicted molar refractivity (Wildman–Crippen MR) is 81.1 cm³/mol. The number of aromatic nitrogens is 3. The van der Waals surface area contributed by atoms with Crippen LogP contribution in [0, 0.1) is 0 Å². The van der Waals surface area contributed by atoms with Gasteiger partial charge in [-0.1, -0.05) is 6.07 Å². The minimum atomic E-state index is -4.47. The van der Waals surface area contributed by atoms with Gasteiger partial charge in [-0.15, -0.1) is 0 Å². The van der Waals surface area contributed by atoms with Gasteiger partial charge in [0.2, 0.25) is 17.2 Å². The highest BCUT2D eigenvalue weighted by atomic mass is 35.5. The van der Waals surface area contributed by atoms with Gasteiger partial charge in [0.25, 0.3) is 0 Å². The lowest BCUT2D eigenvalue weighted by Crippen LogP contribution is -2.24. The van der Waals surface area contributed by atoms with Crippen molar-refractivity contribution in [3.8, 4) is 0 Å². The van der Waals surface area contributed by atoms with E-state index < -0.39 is 24.5 Å². The Morgan fingerprint density at radius 1 is 1.17 bits per heavy atom. The first kappa shape index (κ1) is 18.2. The molecule has 1 aromatic heterocycles. The Morgan fingerprint density at radius 3 is 2.54 bits per heavy atom. The van der Waals surface area contributed by atoms with Crippen LogP contribution in [0.2, 0.25) is 5.28 Å². The Kier molecular flexibility index (Phi) is 5.75. The first-order valence-corrected chi connectivity index (χ1v) is 7.04. The van der Waals surface area contributed by atoms with E-state index in [2.05, 4.69) is 25.6 Å². The van der Waals surface area contributed by atoms with Crippen molar-refractivity contribution in [2.75, 3.05) is 23.8 Å². The molecule has 2 rings (SSSR count). The molecule has 0 aliphatic carbocycles. The van der Waals surface area contributed by atoms with Crippen LogP contribution in [-0.2, 0) is 6.18 Å². The van der Waals surface area contributed by atoms with Crippen molar-refractivity contribution in [1.29, 1.82) is 0 Å². The van der Waals surface area contributed by atoms with Gasteiger partial charge in [-0.2, -0.15) is 28.1 Å². The van der Waals surface area contributed by atoms with E-state index in [1.54, 1.807) is 0 Å². The maximum atomic E-state index is 12.7. The zero-order valence-electron chi connectivity index (χ0n) is 12.0. The van der Waals surface area contributed by atoms with Crippen LogP contribution >= 0.6 is 11.6 Å². The van der Waals surface area contributed by atoms with Crippen molar-refractivity contribution in [2.24, 2.45) is 0 Å². The second-order valence-electron chi connectivity index (χ2n) is 4.67. The number of anilines is 3. The molecule has 1 heterocycles. The number of rotatable bonds is 6. The Balaban J connectivity index is 2.16. The number of hydrogen-bond acceptors (Lipinski definition) is 7. The summed E-state index contributed by atoms with van der Waals surface area (Å²) in [6.07, 6.45) is -5.50. The molecular formula is C13H13ClF3N5O2. The summed E-state index contributed by atoms with van der Waals surface area (Å²) in [5.41, 5.74) is -0.703. The van der Waals surface area contributed by atoms with E-state index in [0.717, 1.165) is 12.1 Å². The lowest BCUT2D eigenvalue weighted by atomic mass is 10.2. The van der Waals surface area contributed by atoms with Crippen molar-refractivity contribution in [3.63, 3.8) is 0 Å². The number of halogens is 4. The number of aliphatic hydroxyl groups excluding tert-OH is 2. The van der Waals surface area contributed by atoms with E-state index in [9.17, 15) is 18.3 Å². The summed E-state index contributed by atoms with van der Waals surface area (Å²) in [5, 5.41) is 23.0. The molecule has 0 aliphatic heterocycles. The summed E-state index contributed by atoms with van der Waals surface area (Å²) in [6.45, 7) is -0.499. The number of nitrogens with one attached hydrogen (secondary N) is 2. The number of nitrogens with zero attached hydrogens (tertiary/aromatic N) is 3.